The standard InChI is InChI=1S/C51H56Cl2N8O6/c1-50(2,36-27-34(30-54)45(42(53)28-36)66-26-18-52)35-3-6-39(7-4-35)67-32-37-11-19-55-49(56-37)60-24-16-51(17-25-60)14-22-58(23-15-51)31-33-12-20-59(21-13-33)38-5-8-40-41(29-38)48(65)61(47(40)64)43-9-10-44(62)57-46(43)63/h3-8,11,19,27-29,33,43H,9-10,12-18,20-26,31-32H2,1-2H3,(H,57,62,63). The van der Waals surface area contributed by atoms with Crippen molar-refractivity contribution in [3.63, 3.8) is 0 Å². The van der Waals surface area contributed by atoms with Crippen LogP contribution in [-0.2, 0) is 21.6 Å². The summed E-state index contributed by atoms with van der Waals surface area (Å²) in [5.41, 5.74) is 4.60. The number of carbonyl (C=O) groups excluding carboxylic acids is 4. The van der Waals surface area contributed by atoms with E-state index < -0.39 is 29.2 Å². The highest BCUT2D eigenvalue weighted by Gasteiger charge is 2.45. The summed E-state index contributed by atoms with van der Waals surface area (Å²) >= 11 is 12.4. The third kappa shape index (κ3) is 9.69. The molecule has 1 spiro atoms. The fraction of sp³-hybridized carbons (Fsp3) is 0.471. The SMILES string of the molecule is CC(C)(c1ccc(OCc2ccnc(N3CCC4(CCN(CC5CCN(c6ccc7c(c6)C(=O)N(C6CCC(=O)NC6=O)C7=O)CC5)CC4)CC3)n2)cc1)c1cc(Cl)c(OCCCl)c(C#N)c1. The number of benzene rings is 3. The van der Waals surface area contributed by atoms with Crippen LogP contribution in [0.4, 0.5) is 11.6 Å². The molecule has 1 aromatic heterocycles. The first kappa shape index (κ1) is 46.4. The lowest BCUT2D eigenvalue weighted by Crippen LogP contribution is -2.54. The first-order valence-electron chi connectivity index (χ1n) is 23.4. The molecule has 0 bridgehead atoms. The molecule has 16 heteroatoms. The van der Waals surface area contributed by atoms with Gasteiger partial charge in [0, 0.05) is 56.4 Å². The summed E-state index contributed by atoms with van der Waals surface area (Å²) in [7, 11) is 0. The largest absolute Gasteiger partial charge is 0.489 e. The summed E-state index contributed by atoms with van der Waals surface area (Å²) in [6.07, 6.45) is 8.83. The maximum Gasteiger partial charge on any atom is 0.262 e. The van der Waals surface area contributed by atoms with E-state index in [1.165, 1.54) is 12.8 Å². The van der Waals surface area contributed by atoms with Crippen LogP contribution >= 0.6 is 23.2 Å². The Kier molecular flexibility index (Phi) is 13.5. The zero-order valence-corrected chi connectivity index (χ0v) is 39.6. The summed E-state index contributed by atoms with van der Waals surface area (Å²) in [5.74, 6) is 0.805. The number of likely N-dealkylation sites (tertiary alicyclic amines) is 1. The van der Waals surface area contributed by atoms with Crippen molar-refractivity contribution in [3.8, 4) is 17.6 Å². The van der Waals surface area contributed by atoms with Crippen LogP contribution in [0, 0.1) is 22.7 Å². The molecule has 4 amide bonds. The molecular weight excluding hydrogens is 892 g/mol. The number of hydrogen-bond donors (Lipinski definition) is 1. The monoisotopic (exact) mass is 946 g/mol. The Morgan fingerprint density at radius 3 is 2.25 bits per heavy atom. The molecule has 350 valence electrons. The third-order valence-corrected chi connectivity index (χ3v) is 15.3. The van der Waals surface area contributed by atoms with Crippen molar-refractivity contribution >= 4 is 58.5 Å². The molecule has 67 heavy (non-hydrogen) atoms. The second-order valence-corrected chi connectivity index (χ2v) is 20.0. The Bertz CT molecular complexity index is 2570. The summed E-state index contributed by atoms with van der Waals surface area (Å²) in [5, 5.41) is 12.4. The molecule has 1 atom stereocenters. The molecule has 4 fully saturated rings. The van der Waals surface area contributed by atoms with E-state index >= 15 is 0 Å². The van der Waals surface area contributed by atoms with Gasteiger partial charge in [-0.3, -0.25) is 29.4 Å². The fourth-order valence-electron chi connectivity index (χ4n) is 10.5. The average Bonchev–Trinajstić information content (AvgIpc) is 3.59. The van der Waals surface area contributed by atoms with Gasteiger partial charge in [0.2, 0.25) is 17.8 Å². The molecule has 5 aliphatic rings. The molecule has 1 unspecified atom stereocenters. The van der Waals surface area contributed by atoms with Gasteiger partial charge in [-0.2, -0.15) is 5.26 Å². The number of hydrogen-bond acceptors (Lipinski definition) is 12. The van der Waals surface area contributed by atoms with Crippen molar-refractivity contribution in [3.05, 3.63) is 105 Å². The minimum absolute atomic E-state index is 0.0984. The number of nitrogens with one attached hydrogen (secondary N) is 1. The molecule has 14 nitrogen and oxygen atoms in total. The van der Waals surface area contributed by atoms with Crippen LogP contribution in [0.5, 0.6) is 11.5 Å². The van der Waals surface area contributed by atoms with E-state index in [1.807, 2.05) is 54.7 Å². The van der Waals surface area contributed by atoms with Crippen LogP contribution in [0.1, 0.15) is 108 Å². The van der Waals surface area contributed by atoms with E-state index in [0.717, 1.165) is 111 Å². The molecule has 4 aromatic rings. The number of carbonyl (C=O) groups is 4. The van der Waals surface area contributed by atoms with E-state index in [4.69, 9.17) is 37.7 Å². The summed E-state index contributed by atoms with van der Waals surface area (Å²) in [6, 6.07) is 20.2. The molecule has 3 aromatic carbocycles. The summed E-state index contributed by atoms with van der Waals surface area (Å²) in [4.78, 5) is 68.6. The molecule has 0 saturated carbocycles. The number of halogens is 2. The van der Waals surface area contributed by atoms with Gasteiger partial charge in [-0.25, -0.2) is 9.97 Å². The first-order chi connectivity index (χ1) is 32.3. The maximum absolute atomic E-state index is 13.4. The maximum atomic E-state index is 13.4. The Labute approximate surface area is 401 Å². The van der Waals surface area contributed by atoms with Gasteiger partial charge in [0.05, 0.1) is 33.3 Å². The van der Waals surface area contributed by atoms with E-state index in [2.05, 4.69) is 44.9 Å². The van der Waals surface area contributed by atoms with Gasteiger partial charge in [-0.1, -0.05) is 37.6 Å². The molecule has 6 heterocycles. The number of aromatic nitrogens is 2. The molecular formula is C51H56Cl2N8O6. The highest BCUT2D eigenvalue weighted by Crippen LogP contribution is 2.43. The van der Waals surface area contributed by atoms with Crippen LogP contribution in [0.25, 0.3) is 0 Å². The van der Waals surface area contributed by atoms with E-state index in [9.17, 15) is 24.4 Å². The number of fused-ring (bicyclic) bond motifs is 1. The first-order valence-corrected chi connectivity index (χ1v) is 24.3. The Hall–Kier alpha value is -5.75. The van der Waals surface area contributed by atoms with E-state index in [-0.39, 0.29) is 25.4 Å². The number of imide groups is 2. The number of anilines is 2. The lowest BCUT2D eigenvalue weighted by atomic mass is 9.71. The molecule has 0 aliphatic carbocycles. The van der Waals surface area contributed by atoms with E-state index in [0.29, 0.717) is 51.3 Å². The van der Waals surface area contributed by atoms with Gasteiger partial charge in [0.15, 0.2) is 5.75 Å². The minimum atomic E-state index is -0.965. The normalized spacial score (nSPS) is 20.2. The summed E-state index contributed by atoms with van der Waals surface area (Å²) < 4.78 is 11.8. The second-order valence-electron chi connectivity index (χ2n) is 19.2. The Morgan fingerprint density at radius 2 is 1.55 bits per heavy atom. The van der Waals surface area contributed by atoms with Crippen molar-refractivity contribution in [2.45, 2.75) is 83.3 Å². The molecule has 9 rings (SSSR count). The highest BCUT2D eigenvalue weighted by molar-refractivity contribution is 6.32. The third-order valence-electron chi connectivity index (χ3n) is 14.8. The number of nitriles is 1. The Morgan fingerprint density at radius 1 is 0.836 bits per heavy atom. The van der Waals surface area contributed by atoms with Gasteiger partial charge < -0.3 is 24.2 Å². The van der Waals surface area contributed by atoms with Gasteiger partial charge in [-0.15, -0.1) is 11.6 Å². The van der Waals surface area contributed by atoms with Crippen molar-refractivity contribution in [1.82, 2.24) is 25.1 Å². The second kappa shape index (κ2) is 19.5. The number of amides is 4. The van der Waals surface area contributed by atoms with Crippen LogP contribution in [0.2, 0.25) is 5.02 Å². The lowest BCUT2D eigenvalue weighted by Gasteiger charge is -2.47. The van der Waals surface area contributed by atoms with E-state index in [1.54, 1.807) is 12.1 Å². The number of nitrogens with zero attached hydrogens (tertiary/aromatic N) is 7. The van der Waals surface area contributed by atoms with Crippen molar-refractivity contribution < 1.29 is 28.7 Å². The van der Waals surface area contributed by atoms with Crippen molar-refractivity contribution in [2.24, 2.45) is 11.3 Å². The summed E-state index contributed by atoms with van der Waals surface area (Å²) in [6.45, 7) is 11.7. The molecule has 0 radical (unpaired) electrons. The quantitative estimate of drug-likeness (QED) is 0.104. The highest BCUT2D eigenvalue weighted by atomic mass is 35.5. The molecule has 4 saturated heterocycles. The number of alkyl halides is 1. The van der Waals surface area contributed by atoms with Crippen LogP contribution in [-0.4, -0.2) is 108 Å². The number of rotatable bonds is 13. The fourth-order valence-corrected chi connectivity index (χ4v) is 10.9. The average molecular weight is 948 g/mol. The number of piperidine rings is 4. The molecule has 5 aliphatic heterocycles. The van der Waals surface area contributed by atoms with Gasteiger partial charge in [-0.05, 0) is 129 Å². The lowest BCUT2D eigenvalue weighted by molar-refractivity contribution is -0.136. The smallest absolute Gasteiger partial charge is 0.262 e. The topological polar surface area (TPSA) is 161 Å². The van der Waals surface area contributed by atoms with Gasteiger partial charge in [0.25, 0.3) is 11.8 Å². The predicted molar refractivity (Wildman–Crippen MR) is 255 cm³/mol. The predicted octanol–water partition coefficient (Wildman–Crippen LogP) is 7.52. The molecule has 1 N–H and O–H groups in total. The zero-order valence-electron chi connectivity index (χ0n) is 38.1. The van der Waals surface area contributed by atoms with Crippen molar-refractivity contribution in [1.29, 1.82) is 5.26 Å². The Balaban J connectivity index is 0.715. The zero-order chi connectivity index (χ0) is 46.9. The van der Waals surface area contributed by atoms with Crippen LogP contribution in [0.15, 0.2) is 66.9 Å². The van der Waals surface area contributed by atoms with Crippen LogP contribution in [0.3, 0.4) is 0 Å². The van der Waals surface area contributed by atoms with Crippen LogP contribution < -0.4 is 24.6 Å². The van der Waals surface area contributed by atoms with Gasteiger partial charge in [0.1, 0.15) is 31.1 Å². The minimum Gasteiger partial charge on any atom is -0.489 e. The number of ether oxygens (including phenoxy) is 2. The van der Waals surface area contributed by atoms with Gasteiger partial charge >= 0.3 is 0 Å². The van der Waals surface area contributed by atoms with Crippen molar-refractivity contribution in [2.75, 3.05) is 68.1 Å².